The number of carbonyl (C=O) groups excluding carboxylic acids is 1. The molecule has 0 saturated heterocycles. The van der Waals surface area contributed by atoms with Gasteiger partial charge in [-0.1, -0.05) is 23.4 Å². The van der Waals surface area contributed by atoms with E-state index in [-0.39, 0.29) is 10.8 Å². The van der Waals surface area contributed by atoms with Crippen molar-refractivity contribution in [2.45, 2.75) is 11.9 Å². The number of nitrogens with one attached hydrogen (secondary N) is 3. The Balaban J connectivity index is 1.87. The Hall–Kier alpha value is -2.59. The van der Waals surface area contributed by atoms with Crippen molar-refractivity contribution in [2.24, 2.45) is 5.10 Å². The molecule has 0 radical (unpaired) electrons. The lowest BCUT2D eigenvalue weighted by molar-refractivity contribution is -0.118. The first-order chi connectivity index (χ1) is 12.0. The van der Waals surface area contributed by atoms with Crippen molar-refractivity contribution in [3.8, 4) is 5.75 Å². The van der Waals surface area contributed by atoms with Crippen LogP contribution in [-0.2, 0) is 4.79 Å². The van der Waals surface area contributed by atoms with Gasteiger partial charge in [0, 0.05) is 0 Å². The summed E-state index contributed by atoms with van der Waals surface area (Å²) < 4.78 is 5.32. The number of nitrogens with zero attached hydrogens (tertiary/aromatic N) is 2. The Morgan fingerprint density at radius 1 is 1.48 bits per heavy atom. The monoisotopic (exact) mass is 383 g/mol. The van der Waals surface area contributed by atoms with Crippen LogP contribution in [0.4, 0.5) is 0 Å². The molecule has 1 aromatic carbocycles. The van der Waals surface area contributed by atoms with Crippen molar-refractivity contribution in [3.63, 3.8) is 0 Å². The molecule has 2 aromatic rings. The molecule has 0 aliphatic heterocycles. The van der Waals surface area contributed by atoms with Crippen LogP contribution in [0.25, 0.3) is 0 Å². The summed E-state index contributed by atoms with van der Waals surface area (Å²) in [6.07, 6.45) is 1.43. The average Bonchev–Trinajstić information content (AvgIpc) is 2.56. The number of hydrogen-bond donors (Lipinski definition) is 3. The van der Waals surface area contributed by atoms with Crippen LogP contribution in [0.1, 0.15) is 12.5 Å². The number of carbonyl (C=O) groups is 1. The van der Waals surface area contributed by atoms with Crippen LogP contribution in [0.5, 0.6) is 5.75 Å². The first-order valence-corrected chi connectivity index (χ1v) is 8.42. The molecule has 1 aromatic heterocycles. The molecule has 11 heteroatoms. The highest BCUT2D eigenvalue weighted by atomic mass is 35.5. The molecule has 0 unspecified atom stereocenters. The maximum atomic E-state index is 11.7. The fourth-order valence-corrected chi connectivity index (χ4v) is 2.52. The van der Waals surface area contributed by atoms with Gasteiger partial charge in [-0.2, -0.15) is 10.2 Å². The topological polar surface area (TPSA) is 129 Å². The van der Waals surface area contributed by atoms with E-state index in [1.807, 2.05) is 11.9 Å². The molecule has 1 amide bonds. The molecule has 0 aliphatic carbocycles. The van der Waals surface area contributed by atoms with E-state index < -0.39 is 17.2 Å². The molecule has 132 valence electrons. The maximum absolute atomic E-state index is 11.7. The summed E-state index contributed by atoms with van der Waals surface area (Å²) in [5, 5.41) is 9.86. The number of aromatic nitrogens is 3. The summed E-state index contributed by atoms with van der Waals surface area (Å²) >= 11 is 6.92. The number of ether oxygens (including phenoxy) is 1. The zero-order chi connectivity index (χ0) is 18.2. The third kappa shape index (κ3) is 5.76. The summed E-state index contributed by atoms with van der Waals surface area (Å²) in [4.78, 5) is 36.0. The molecule has 0 spiro atoms. The minimum Gasteiger partial charge on any atom is -0.492 e. The molecule has 3 N–H and O–H groups in total. The summed E-state index contributed by atoms with van der Waals surface area (Å²) in [6.45, 7) is 2.36. The van der Waals surface area contributed by atoms with Gasteiger partial charge in [-0.3, -0.25) is 14.6 Å². The van der Waals surface area contributed by atoms with Gasteiger partial charge >= 0.3 is 5.69 Å². The summed E-state index contributed by atoms with van der Waals surface area (Å²) in [5.74, 6) is 0.0369. The summed E-state index contributed by atoms with van der Waals surface area (Å²) in [7, 11) is 0. The number of hydrogen-bond acceptors (Lipinski definition) is 7. The van der Waals surface area contributed by atoms with Crippen LogP contribution in [-0.4, -0.2) is 39.7 Å². The molecule has 0 bridgehead atoms. The molecule has 0 aliphatic rings. The van der Waals surface area contributed by atoms with Gasteiger partial charge in [0.2, 0.25) is 5.91 Å². The predicted octanol–water partition coefficient (Wildman–Crippen LogP) is 0.753. The van der Waals surface area contributed by atoms with E-state index in [0.29, 0.717) is 22.9 Å². The van der Waals surface area contributed by atoms with Crippen molar-refractivity contribution >= 4 is 35.5 Å². The average molecular weight is 384 g/mol. The Labute approximate surface area is 150 Å². The standard InChI is InChI=1S/C14H14ClN5O4S/c1-2-24-10-4-3-8(5-9(10)15)6-16-18-11(21)7-25-13-12(22)17-14(23)20-19-13/h3-6H,2,7H2,1H3,(H,18,21)(H2,17,20,22,23)/b16-6+. The third-order valence-electron chi connectivity index (χ3n) is 2.68. The van der Waals surface area contributed by atoms with Crippen LogP contribution in [0.2, 0.25) is 5.02 Å². The number of amides is 1. The molecule has 2 rings (SSSR count). The lowest BCUT2D eigenvalue weighted by atomic mass is 10.2. The molecule has 1 heterocycles. The van der Waals surface area contributed by atoms with Crippen molar-refractivity contribution in [2.75, 3.05) is 12.4 Å². The highest BCUT2D eigenvalue weighted by Crippen LogP contribution is 2.24. The number of thioether (sulfide) groups is 1. The van der Waals surface area contributed by atoms with Crippen LogP contribution < -0.4 is 21.4 Å². The van der Waals surface area contributed by atoms with Gasteiger partial charge < -0.3 is 4.74 Å². The highest BCUT2D eigenvalue weighted by molar-refractivity contribution is 7.99. The highest BCUT2D eigenvalue weighted by Gasteiger charge is 2.07. The van der Waals surface area contributed by atoms with Gasteiger partial charge in [0.25, 0.3) is 5.56 Å². The third-order valence-corrected chi connectivity index (χ3v) is 3.93. The number of rotatable bonds is 7. The molecular formula is C14H14ClN5O4S. The number of benzene rings is 1. The van der Waals surface area contributed by atoms with Crippen LogP contribution >= 0.6 is 23.4 Å². The molecule has 0 fully saturated rings. The number of halogens is 1. The SMILES string of the molecule is CCOc1ccc(/C=N/NC(=O)CSc2n[nH]c(=O)[nH]c2=O)cc1Cl. The van der Waals surface area contributed by atoms with Gasteiger partial charge in [-0.15, -0.1) is 0 Å². The summed E-state index contributed by atoms with van der Waals surface area (Å²) in [6, 6.07) is 5.10. The second kappa shape index (κ2) is 9.04. The van der Waals surface area contributed by atoms with E-state index in [9.17, 15) is 14.4 Å². The number of hydrazone groups is 1. The van der Waals surface area contributed by atoms with E-state index in [2.05, 4.69) is 20.7 Å². The van der Waals surface area contributed by atoms with E-state index in [0.717, 1.165) is 11.8 Å². The Bertz CT molecular complexity index is 895. The van der Waals surface area contributed by atoms with Crippen molar-refractivity contribution in [1.82, 2.24) is 20.6 Å². The second-order valence-electron chi connectivity index (χ2n) is 4.52. The largest absolute Gasteiger partial charge is 0.492 e. The summed E-state index contributed by atoms with van der Waals surface area (Å²) in [5.41, 5.74) is 1.63. The minimum atomic E-state index is -0.711. The van der Waals surface area contributed by atoms with E-state index in [1.54, 1.807) is 18.2 Å². The van der Waals surface area contributed by atoms with Gasteiger partial charge in [0.1, 0.15) is 5.75 Å². The molecule has 9 nitrogen and oxygen atoms in total. The van der Waals surface area contributed by atoms with E-state index in [4.69, 9.17) is 16.3 Å². The van der Waals surface area contributed by atoms with Gasteiger partial charge in [0.15, 0.2) is 5.03 Å². The normalized spacial score (nSPS) is 10.8. The van der Waals surface area contributed by atoms with E-state index in [1.165, 1.54) is 6.21 Å². The zero-order valence-corrected chi connectivity index (χ0v) is 14.6. The van der Waals surface area contributed by atoms with Crippen molar-refractivity contribution in [3.05, 3.63) is 49.6 Å². The van der Waals surface area contributed by atoms with Crippen LogP contribution in [0, 0.1) is 0 Å². The quantitative estimate of drug-likeness (QED) is 0.367. The Morgan fingerprint density at radius 2 is 2.28 bits per heavy atom. The van der Waals surface area contributed by atoms with Gasteiger partial charge in [0.05, 0.1) is 23.6 Å². The lowest BCUT2D eigenvalue weighted by Crippen LogP contribution is -2.26. The maximum Gasteiger partial charge on any atom is 0.342 e. The van der Waals surface area contributed by atoms with Gasteiger partial charge in [-0.05, 0) is 30.7 Å². The predicted molar refractivity (Wildman–Crippen MR) is 94.6 cm³/mol. The van der Waals surface area contributed by atoms with E-state index >= 15 is 0 Å². The smallest absolute Gasteiger partial charge is 0.342 e. The lowest BCUT2D eigenvalue weighted by Gasteiger charge is -2.05. The molecular weight excluding hydrogens is 370 g/mol. The fourth-order valence-electron chi connectivity index (χ4n) is 1.65. The van der Waals surface area contributed by atoms with Crippen LogP contribution in [0.3, 0.4) is 0 Å². The Kier molecular flexibility index (Phi) is 6.78. The zero-order valence-electron chi connectivity index (χ0n) is 13.0. The first kappa shape index (κ1) is 18.7. The first-order valence-electron chi connectivity index (χ1n) is 7.05. The molecule has 0 atom stereocenters. The number of aromatic amines is 2. The molecule has 0 saturated carbocycles. The Morgan fingerprint density at radius 3 is 2.96 bits per heavy atom. The van der Waals surface area contributed by atoms with Crippen molar-refractivity contribution < 1.29 is 9.53 Å². The van der Waals surface area contributed by atoms with Gasteiger partial charge in [-0.25, -0.2) is 15.3 Å². The minimum absolute atomic E-state index is 0.0166. The second-order valence-corrected chi connectivity index (χ2v) is 5.89. The number of H-pyrrole nitrogens is 2. The van der Waals surface area contributed by atoms with Crippen LogP contribution in [0.15, 0.2) is 37.9 Å². The molecule has 25 heavy (non-hydrogen) atoms. The van der Waals surface area contributed by atoms with Crippen molar-refractivity contribution in [1.29, 1.82) is 0 Å². The fraction of sp³-hybridized carbons (Fsp3) is 0.214.